The molecule has 1 rings (SSSR count). The normalized spacial score (nSPS) is 22.4. The van der Waals surface area contributed by atoms with Crippen molar-refractivity contribution in [1.29, 1.82) is 0 Å². The van der Waals surface area contributed by atoms with Gasteiger partial charge in [-0.25, -0.2) is 0 Å². The fourth-order valence-electron chi connectivity index (χ4n) is 6.00. The zero-order chi connectivity index (χ0) is 26.4. The predicted molar refractivity (Wildman–Crippen MR) is 132 cm³/mol. The van der Waals surface area contributed by atoms with Gasteiger partial charge in [-0.05, 0) is 55.8 Å². The standard InChI is InChI=1S/C27H46O8/c1-3-19-17-16-18(2)20(12-8-4-6-10-14-22(24(28)29)25(30)31)21(19)13-9-5-7-11-15-23(26(32)33)27(34)35/h18-23H,3-17H2,1-2H3,(H,28,29)(H,30,31)(H,32,33)(H,34,35). The van der Waals surface area contributed by atoms with Gasteiger partial charge in [-0.2, -0.15) is 0 Å². The molecule has 1 fully saturated rings. The molecule has 0 aromatic carbocycles. The molecule has 4 unspecified atom stereocenters. The Bertz CT molecular complexity index is 648. The second kappa shape index (κ2) is 16.5. The summed E-state index contributed by atoms with van der Waals surface area (Å²) >= 11 is 0. The fraction of sp³-hybridized carbons (Fsp3) is 0.852. The minimum Gasteiger partial charge on any atom is -0.481 e. The SMILES string of the molecule is CCC1CCC(C)C(CCCCCCC(C(=O)O)C(=O)O)C1CCCCCCC(C(=O)O)C(=O)O. The molecule has 0 radical (unpaired) electrons. The summed E-state index contributed by atoms with van der Waals surface area (Å²) in [4.78, 5) is 44.0. The molecule has 4 N–H and O–H groups in total. The van der Waals surface area contributed by atoms with Crippen LogP contribution in [0.4, 0.5) is 0 Å². The van der Waals surface area contributed by atoms with Gasteiger partial charge in [0.1, 0.15) is 0 Å². The third-order valence-corrected chi connectivity index (χ3v) is 8.16. The van der Waals surface area contributed by atoms with E-state index in [0.29, 0.717) is 30.6 Å². The van der Waals surface area contributed by atoms with Crippen LogP contribution in [0, 0.1) is 35.5 Å². The molecule has 35 heavy (non-hydrogen) atoms. The lowest BCUT2D eigenvalue weighted by Crippen LogP contribution is -2.33. The maximum absolute atomic E-state index is 11.0. The molecule has 4 atom stereocenters. The summed E-state index contributed by atoms with van der Waals surface area (Å²) in [5, 5.41) is 35.9. The first-order valence-corrected chi connectivity index (χ1v) is 13.5. The average molecular weight is 499 g/mol. The Kier molecular flexibility index (Phi) is 14.6. The molecule has 0 aromatic heterocycles. The maximum Gasteiger partial charge on any atom is 0.317 e. The largest absolute Gasteiger partial charge is 0.481 e. The first-order valence-electron chi connectivity index (χ1n) is 13.5. The average Bonchev–Trinajstić information content (AvgIpc) is 2.78. The molecule has 8 heteroatoms. The Morgan fingerprint density at radius 1 is 0.629 bits per heavy atom. The van der Waals surface area contributed by atoms with Crippen molar-refractivity contribution in [3.05, 3.63) is 0 Å². The maximum atomic E-state index is 11.0. The van der Waals surface area contributed by atoms with E-state index in [2.05, 4.69) is 13.8 Å². The topological polar surface area (TPSA) is 149 Å². The first kappa shape index (κ1) is 30.9. The van der Waals surface area contributed by atoms with Gasteiger partial charge in [-0.1, -0.05) is 78.1 Å². The van der Waals surface area contributed by atoms with Crippen LogP contribution < -0.4 is 0 Å². The van der Waals surface area contributed by atoms with E-state index in [9.17, 15) is 19.2 Å². The minimum absolute atomic E-state index is 0.185. The first-order chi connectivity index (χ1) is 16.6. The van der Waals surface area contributed by atoms with Crippen molar-refractivity contribution in [2.75, 3.05) is 0 Å². The Hall–Kier alpha value is -2.12. The number of hydrogen-bond acceptors (Lipinski definition) is 4. The van der Waals surface area contributed by atoms with Gasteiger partial charge >= 0.3 is 23.9 Å². The molecule has 0 saturated heterocycles. The fourth-order valence-corrected chi connectivity index (χ4v) is 6.00. The van der Waals surface area contributed by atoms with Crippen molar-refractivity contribution < 1.29 is 39.6 Å². The molecule has 0 heterocycles. The summed E-state index contributed by atoms with van der Waals surface area (Å²) in [7, 11) is 0. The van der Waals surface area contributed by atoms with Crippen molar-refractivity contribution >= 4 is 23.9 Å². The Morgan fingerprint density at radius 2 is 1.03 bits per heavy atom. The van der Waals surface area contributed by atoms with Crippen molar-refractivity contribution in [1.82, 2.24) is 0 Å². The Balaban J connectivity index is 2.43. The third-order valence-electron chi connectivity index (χ3n) is 8.16. The lowest BCUT2D eigenvalue weighted by Gasteiger charge is -2.42. The van der Waals surface area contributed by atoms with Crippen LogP contribution >= 0.6 is 0 Å². The van der Waals surface area contributed by atoms with Crippen LogP contribution in [0.3, 0.4) is 0 Å². The number of unbranched alkanes of at least 4 members (excludes halogenated alkanes) is 6. The molecule has 0 aromatic rings. The van der Waals surface area contributed by atoms with E-state index in [1.54, 1.807) is 0 Å². The van der Waals surface area contributed by atoms with Crippen molar-refractivity contribution in [2.24, 2.45) is 35.5 Å². The Morgan fingerprint density at radius 3 is 1.43 bits per heavy atom. The highest BCUT2D eigenvalue weighted by Crippen LogP contribution is 2.45. The third kappa shape index (κ3) is 11.0. The molecule has 202 valence electrons. The van der Waals surface area contributed by atoms with Gasteiger partial charge in [0.05, 0.1) is 0 Å². The van der Waals surface area contributed by atoms with E-state index >= 15 is 0 Å². The summed E-state index contributed by atoms with van der Waals surface area (Å²) in [5.74, 6) is -4.89. The van der Waals surface area contributed by atoms with Crippen LogP contribution in [0.2, 0.25) is 0 Å². The highest BCUT2D eigenvalue weighted by molar-refractivity contribution is 5.93. The van der Waals surface area contributed by atoms with Crippen molar-refractivity contribution in [3.8, 4) is 0 Å². The molecular formula is C27H46O8. The molecule has 0 bridgehead atoms. The van der Waals surface area contributed by atoms with Crippen LogP contribution in [0.1, 0.15) is 110 Å². The van der Waals surface area contributed by atoms with E-state index in [0.717, 1.165) is 57.3 Å². The molecular weight excluding hydrogens is 452 g/mol. The van der Waals surface area contributed by atoms with E-state index in [-0.39, 0.29) is 12.8 Å². The summed E-state index contributed by atoms with van der Waals surface area (Å²) in [6, 6.07) is 0. The number of hydrogen-bond donors (Lipinski definition) is 4. The van der Waals surface area contributed by atoms with Crippen LogP contribution in [-0.4, -0.2) is 44.3 Å². The summed E-state index contributed by atoms with van der Waals surface area (Å²) < 4.78 is 0. The van der Waals surface area contributed by atoms with Gasteiger partial charge in [0, 0.05) is 0 Å². The van der Waals surface area contributed by atoms with E-state index in [4.69, 9.17) is 20.4 Å². The second-order valence-corrected chi connectivity index (χ2v) is 10.5. The number of carbonyl (C=O) groups is 4. The highest BCUT2D eigenvalue weighted by atomic mass is 16.4. The highest BCUT2D eigenvalue weighted by Gasteiger charge is 2.35. The number of aliphatic carboxylic acids is 4. The quantitative estimate of drug-likeness (QED) is 0.126. The molecule has 1 aliphatic rings. The predicted octanol–water partition coefficient (Wildman–Crippen LogP) is 5.93. The minimum atomic E-state index is -1.30. The van der Waals surface area contributed by atoms with Gasteiger partial charge < -0.3 is 20.4 Å². The molecule has 1 saturated carbocycles. The molecule has 8 nitrogen and oxygen atoms in total. The van der Waals surface area contributed by atoms with Gasteiger partial charge in [-0.15, -0.1) is 0 Å². The van der Waals surface area contributed by atoms with Crippen molar-refractivity contribution in [2.45, 2.75) is 110 Å². The number of carboxylic acid groups (broad SMARTS) is 4. The second-order valence-electron chi connectivity index (χ2n) is 10.5. The van der Waals surface area contributed by atoms with Crippen LogP contribution in [0.25, 0.3) is 0 Å². The summed E-state index contributed by atoms with van der Waals surface area (Å²) in [6.07, 6.45) is 13.5. The van der Waals surface area contributed by atoms with E-state index in [1.165, 1.54) is 19.3 Å². The van der Waals surface area contributed by atoms with Gasteiger partial charge in [-0.3, -0.25) is 19.2 Å². The van der Waals surface area contributed by atoms with Crippen LogP contribution in [0.5, 0.6) is 0 Å². The smallest absolute Gasteiger partial charge is 0.317 e. The van der Waals surface area contributed by atoms with Gasteiger partial charge in [0.25, 0.3) is 0 Å². The van der Waals surface area contributed by atoms with Crippen LogP contribution in [-0.2, 0) is 19.2 Å². The Labute approximate surface area is 209 Å². The summed E-state index contributed by atoms with van der Waals surface area (Å²) in [5.41, 5.74) is 0. The van der Waals surface area contributed by atoms with Gasteiger partial charge in [0.15, 0.2) is 11.8 Å². The number of carboxylic acids is 4. The zero-order valence-corrected chi connectivity index (χ0v) is 21.5. The summed E-state index contributed by atoms with van der Waals surface area (Å²) in [6.45, 7) is 4.62. The zero-order valence-electron chi connectivity index (χ0n) is 21.5. The lowest BCUT2D eigenvalue weighted by atomic mass is 9.63. The molecule has 1 aliphatic carbocycles. The van der Waals surface area contributed by atoms with Crippen molar-refractivity contribution in [3.63, 3.8) is 0 Å². The monoisotopic (exact) mass is 498 g/mol. The van der Waals surface area contributed by atoms with E-state index in [1.807, 2.05) is 0 Å². The molecule has 0 spiro atoms. The van der Waals surface area contributed by atoms with Crippen LogP contribution in [0.15, 0.2) is 0 Å². The molecule has 0 aliphatic heterocycles. The van der Waals surface area contributed by atoms with Gasteiger partial charge in [0.2, 0.25) is 0 Å². The lowest BCUT2D eigenvalue weighted by molar-refractivity contribution is -0.156. The number of rotatable bonds is 19. The molecule has 0 amide bonds. The van der Waals surface area contributed by atoms with E-state index < -0.39 is 35.7 Å².